The molecule has 1 saturated carbocycles. The van der Waals surface area contributed by atoms with E-state index in [0.29, 0.717) is 0 Å². The highest BCUT2D eigenvalue weighted by atomic mass is 15.1. The van der Waals surface area contributed by atoms with Crippen LogP contribution >= 0.6 is 0 Å². The Morgan fingerprint density at radius 1 is 1.24 bits per heavy atom. The second kappa shape index (κ2) is 6.18. The van der Waals surface area contributed by atoms with Crippen molar-refractivity contribution in [3.05, 3.63) is 34.9 Å². The predicted molar refractivity (Wildman–Crippen MR) is 87.5 cm³/mol. The van der Waals surface area contributed by atoms with Gasteiger partial charge in [0.1, 0.15) is 5.84 Å². The lowest BCUT2D eigenvalue weighted by Crippen LogP contribution is -2.41. The van der Waals surface area contributed by atoms with E-state index in [1.54, 1.807) is 0 Å². The van der Waals surface area contributed by atoms with Crippen molar-refractivity contribution in [2.24, 2.45) is 17.6 Å². The first kappa shape index (κ1) is 14.6. The molecule has 114 valence electrons. The number of nitrogen functional groups attached to an aromatic ring is 1. The van der Waals surface area contributed by atoms with E-state index in [0.717, 1.165) is 23.9 Å². The van der Waals surface area contributed by atoms with Crippen LogP contribution in [0.25, 0.3) is 0 Å². The van der Waals surface area contributed by atoms with Crippen LogP contribution in [0.1, 0.15) is 48.8 Å². The molecule has 2 fully saturated rings. The molecule has 1 aromatic rings. The van der Waals surface area contributed by atoms with Gasteiger partial charge in [0.25, 0.3) is 0 Å². The van der Waals surface area contributed by atoms with Gasteiger partial charge in [0, 0.05) is 18.7 Å². The minimum absolute atomic E-state index is 0.160. The van der Waals surface area contributed by atoms with E-state index in [2.05, 4.69) is 17.9 Å². The number of fused-ring (bicyclic) bond motifs is 1. The lowest BCUT2D eigenvalue weighted by Gasteiger charge is -2.41. The van der Waals surface area contributed by atoms with Gasteiger partial charge in [-0.25, -0.2) is 0 Å². The van der Waals surface area contributed by atoms with Gasteiger partial charge in [0.15, 0.2) is 0 Å². The van der Waals surface area contributed by atoms with Crippen molar-refractivity contribution < 1.29 is 0 Å². The fourth-order valence-corrected chi connectivity index (χ4v) is 4.10. The second-order valence-corrected chi connectivity index (χ2v) is 6.88. The third-order valence-corrected chi connectivity index (χ3v) is 5.42. The zero-order valence-electron chi connectivity index (χ0n) is 13.1. The van der Waals surface area contributed by atoms with Crippen molar-refractivity contribution in [1.29, 1.82) is 5.41 Å². The zero-order chi connectivity index (χ0) is 14.8. The largest absolute Gasteiger partial charge is 0.384 e. The Labute approximate surface area is 128 Å². The molecule has 2 unspecified atom stereocenters. The molecule has 3 heteroatoms. The number of hydrogen-bond acceptors (Lipinski definition) is 2. The van der Waals surface area contributed by atoms with Gasteiger partial charge < -0.3 is 5.73 Å². The molecule has 0 radical (unpaired) electrons. The van der Waals surface area contributed by atoms with Crippen LogP contribution in [0.2, 0.25) is 0 Å². The summed E-state index contributed by atoms with van der Waals surface area (Å²) in [5, 5.41) is 7.52. The number of aryl methyl sites for hydroxylation is 1. The highest BCUT2D eigenvalue weighted by Crippen LogP contribution is 2.36. The Morgan fingerprint density at radius 2 is 2.00 bits per heavy atom. The van der Waals surface area contributed by atoms with Crippen LogP contribution in [0.3, 0.4) is 0 Å². The average Bonchev–Trinajstić information content (AvgIpc) is 2.49. The summed E-state index contributed by atoms with van der Waals surface area (Å²) in [6.07, 6.45) is 7.16. The van der Waals surface area contributed by atoms with Gasteiger partial charge in [0.2, 0.25) is 0 Å². The highest BCUT2D eigenvalue weighted by molar-refractivity contribution is 5.95. The number of nitrogens with two attached hydrogens (primary N) is 1. The Kier molecular flexibility index (Phi) is 4.29. The SMILES string of the molecule is Cc1cc(C(=N)N)ccc1CN1CCC2CCCCC2C1. The molecule has 1 aromatic carbocycles. The fraction of sp³-hybridized carbons (Fsp3) is 0.611. The molecular weight excluding hydrogens is 258 g/mol. The third-order valence-electron chi connectivity index (χ3n) is 5.42. The van der Waals surface area contributed by atoms with Crippen molar-refractivity contribution >= 4 is 5.84 Å². The summed E-state index contributed by atoms with van der Waals surface area (Å²) < 4.78 is 0. The Bertz CT molecular complexity index is 523. The van der Waals surface area contributed by atoms with Crippen LogP contribution in [-0.2, 0) is 6.54 Å². The molecule has 0 amide bonds. The number of amidine groups is 1. The first-order valence-electron chi connectivity index (χ1n) is 8.30. The van der Waals surface area contributed by atoms with E-state index in [-0.39, 0.29) is 5.84 Å². The molecule has 1 aliphatic carbocycles. The van der Waals surface area contributed by atoms with Crippen LogP contribution in [0.4, 0.5) is 0 Å². The van der Waals surface area contributed by atoms with Crippen molar-refractivity contribution in [3.63, 3.8) is 0 Å². The molecule has 3 N–H and O–H groups in total. The molecule has 1 aliphatic heterocycles. The molecule has 2 atom stereocenters. The molecule has 1 heterocycles. The maximum absolute atomic E-state index is 7.52. The van der Waals surface area contributed by atoms with E-state index in [1.165, 1.54) is 56.3 Å². The topological polar surface area (TPSA) is 53.1 Å². The summed E-state index contributed by atoms with van der Waals surface area (Å²) in [6.45, 7) is 5.70. The van der Waals surface area contributed by atoms with Crippen LogP contribution in [0.15, 0.2) is 18.2 Å². The maximum Gasteiger partial charge on any atom is 0.122 e. The van der Waals surface area contributed by atoms with Gasteiger partial charge in [-0.1, -0.05) is 31.4 Å². The van der Waals surface area contributed by atoms with Crippen LogP contribution in [0, 0.1) is 24.2 Å². The molecule has 1 saturated heterocycles. The highest BCUT2D eigenvalue weighted by Gasteiger charge is 2.30. The number of nitrogens with one attached hydrogen (secondary N) is 1. The predicted octanol–water partition coefficient (Wildman–Crippen LogP) is 3.29. The van der Waals surface area contributed by atoms with Crippen molar-refractivity contribution in [2.75, 3.05) is 13.1 Å². The van der Waals surface area contributed by atoms with Gasteiger partial charge in [-0.3, -0.25) is 10.3 Å². The molecule has 2 aliphatic rings. The quantitative estimate of drug-likeness (QED) is 0.661. The first-order valence-corrected chi connectivity index (χ1v) is 8.30. The molecule has 3 nitrogen and oxygen atoms in total. The average molecular weight is 285 g/mol. The van der Waals surface area contributed by atoms with Crippen molar-refractivity contribution in [2.45, 2.75) is 45.6 Å². The van der Waals surface area contributed by atoms with E-state index < -0.39 is 0 Å². The molecule has 0 bridgehead atoms. The summed E-state index contributed by atoms with van der Waals surface area (Å²) in [4.78, 5) is 2.63. The van der Waals surface area contributed by atoms with E-state index in [1.807, 2.05) is 12.1 Å². The van der Waals surface area contributed by atoms with Crippen LogP contribution < -0.4 is 5.73 Å². The minimum atomic E-state index is 0.160. The Morgan fingerprint density at radius 3 is 2.71 bits per heavy atom. The molecule has 0 aromatic heterocycles. The monoisotopic (exact) mass is 285 g/mol. The normalized spacial score (nSPS) is 26.3. The van der Waals surface area contributed by atoms with E-state index in [4.69, 9.17) is 11.1 Å². The van der Waals surface area contributed by atoms with E-state index >= 15 is 0 Å². The summed E-state index contributed by atoms with van der Waals surface area (Å²) in [6, 6.07) is 6.18. The zero-order valence-corrected chi connectivity index (χ0v) is 13.1. The lowest BCUT2D eigenvalue weighted by molar-refractivity contribution is 0.0819. The molecule has 3 rings (SSSR count). The smallest absolute Gasteiger partial charge is 0.122 e. The standard InChI is InChI=1S/C18H27N3/c1-13-10-15(18(19)20)6-7-16(13)11-21-9-8-14-4-2-3-5-17(14)12-21/h6-7,10,14,17H,2-5,8-9,11-12H2,1H3,(H3,19,20). The van der Waals surface area contributed by atoms with Crippen LogP contribution in [-0.4, -0.2) is 23.8 Å². The molecule has 21 heavy (non-hydrogen) atoms. The van der Waals surface area contributed by atoms with E-state index in [9.17, 15) is 0 Å². The maximum atomic E-state index is 7.52. The Hall–Kier alpha value is -1.35. The number of benzene rings is 1. The number of hydrogen-bond donors (Lipinski definition) is 2. The summed E-state index contributed by atoms with van der Waals surface area (Å²) in [5.41, 5.74) is 9.04. The van der Waals surface area contributed by atoms with Gasteiger partial charge in [0.05, 0.1) is 0 Å². The molecule has 0 spiro atoms. The number of piperidine rings is 1. The number of likely N-dealkylation sites (tertiary alicyclic amines) is 1. The fourth-order valence-electron chi connectivity index (χ4n) is 4.10. The summed E-state index contributed by atoms with van der Waals surface area (Å²) >= 11 is 0. The summed E-state index contributed by atoms with van der Waals surface area (Å²) in [7, 11) is 0. The minimum Gasteiger partial charge on any atom is -0.384 e. The lowest BCUT2D eigenvalue weighted by atomic mass is 9.75. The van der Waals surface area contributed by atoms with Gasteiger partial charge in [-0.15, -0.1) is 0 Å². The third kappa shape index (κ3) is 3.29. The van der Waals surface area contributed by atoms with Crippen LogP contribution in [0.5, 0.6) is 0 Å². The first-order chi connectivity index (χ1) is 10.1. The van der Waals surface area contributed by atoms with Crippen molar-refractivity contribution in [3.8, 4) is 0 Å². The van der Waals surface area contributed by atoms with Gasteiger partial charge in [-0.2, -0.15) is 0 Å². The second-order valence-electron chi connectivity index (χ2n) is 6.88. The Balaban J connectivity index is 1.65. The number of nitrogens with zero attached hydrogens (tertiary/aromatic N) is 1. The van der Waals surface area contributed by atoms with Gasteiger partial charge >= 0.3 is 0 Å². The molecular formula is C18H27N3. The van der Waals surface area contributed by atoms with Gasteiger partial charge in [-0.05, 0) is 55.3 Å². The number of rotatable bonds is 3. The van der Waals surface area contributed by atoms with Crippen molar-refractivity contribution in [1.82, 2.24) is 4.90 Å². The summed E-state index contributed by atoms with van der Waals surface area (Å²) in [5.74, 6) is 2.09.